The summed E-state index contributed by atoms with van der Waals surface area (Å²) in [4.78, 5) is 18.0. The maximum Gasteiger partial charge on any atom is 0.186 e. The van der Waals surface area contributed by atoms with E-state index in [0.29, 0.717) is 27.3 Å². The first-order valence-electron chi connectivity index (χ1n) is 9.91. The van der Waals surface area contributed by atoms with E-state index in [2.05, 4.69) is 20.9 Å². The van der Waals surface area contributed by atoms with Gasteiger partial charge in [0.25, 0.3) is 0 Å². The van der Waals surface area contributed by atoms with Crippen molar-refractivity contribution < 1.29 is 9.53 Å². The van der Waals surface area contributed by atoms with Crippen molar-refractivity contribution in [1.29, 1.82) is 5.41 Å². The van der Waals surface area contributed by atoms with Gasteiger partial charge in [0.15, 0.2) is 5.78 Å². The molecule has 0 unspecified atom stereocenters. The summed E-state index contributed by atoms with van der Waals surface area (Å²) >= 11 is 6.07. The smallest absolute Gasteiger partial charge is 0.186 e. The summed E-state index contributed by atoms with van der Waals surface area (Å²) in [6.45, 7) is 0.417. The second-order valence-electron chi connectivity index (χ2n) is 7.26. The minimum atomic E-state index is -0.603. The van der Waals surface area contributed by atoms with Gasteiger partial charge in [0.2, 0.25) is 0 Å². The maximum atomic E-state index is 13.2. The van der Waals surface area contributed by atoms with E-state index < -0.39 is 5.92 Å². The lowest BCUT2D eigenvalue weighted by Crippen LogP contribution is -2.11. The highest BCUT2D eigenvalue weighted by Crippen LogP contribution is 2.43. The number of nitrogens with one attached hydrogen (secondary N) is 1. The van der Waals surface area contributed by atoms with E-state index >= 15 is 0 Å². The molecule has 0 amide bonds. The van der Waals surface area contributed by atoms with Gasteiger partial charge in [-0.3, -0.25) is 10.2 Å². The molecule has 158 valence electrons. The molecule has 3 aromatic carbocycles. The molecule has 1 N–H and O–H groups in total. The summed E-state index contributed by atoms with van der Waals surface area (Å²) in [6, 6.07) is 20.0. The number of carbonyl (C=O) groups is 1. The highest BCUT2D eigenvalue weighted by Gasteiger charge is 2.38. The van der Waals surface area contributed by atoms with Gasteiger partial charge in [0.05, 0.1) is 9.95 Å². The fourth-order valence-electron chi connectivity index (χ4n) is 3.61. The molecule has 2 heterocycles. The Morgan fingerprint density at radius 2 is 1.91 bits per heavy atom. The Kier molecular flexibility index (Phi) is 5.95. The molecule has 1 aromatic heterocycles. The number of aromatic nitrogens is 1. The number of nitrogens with zero attached hydrogens (tertiary/aromatic N) is 1. The minimum Gasteiger partial charge on any atom is -0.488 e. The number of hydrogen-bond donors (Lipinski definition) is 1. The first kappa shape index (κ1) is 21.1. The summed E-state index contributed by atoms with van der Waals surface area (Å²) in [6.07, 6.45) is 3.54. The molecule has 1 atom stereocenters. The number of hydrogen-bond acceptors (Lipinski definition) is 6. The number of Topliss-reactive ketones (excluding diaryl/α,β-unsaturated/α-hetero) is 1. The zero-order chi connectivity index (χ0) is 22.1. The third kappa shape index (κ3) is 4.16. The fraction of sp³-hybridized carbons (Fsp3) is 0.0800. The quantitative estimate of drug-likeness (QED) is 0.286. The molecule has 1 aliphatic heterocycles. The van der Waals surface area contributed by atoms with E-state index in [0.717, 1.165) is 26.4 Å². The Hall–Kier alpha value is -2.74. The lowest BCUT2D eigenvalue weighted by atomic mass is 10.0. The number of rotatable bonds is 5. The van der Waals surface area contributed by atoms with Gasteiger partial charge in [-0.2, -0.15) is 0 Å². The highest BCUT2D eigenvalue weighted by molar-refractivity contribution is 9.10. The van der Waals surface area contributed by atoms with E-state index in [1.807, 2.05) is 72.1 Å². The normalized spacial score (nSPS) is 17.4. The molecule has 0 aliphatic carbocycles. The topological polar surface area (TPSA) is 63.0 Å². The van der Waals surface area contributed by atoms with Crippen molar-refractivity contribution >= 4 is 66.7 Å². The van der Waals surface area contributed by atoms with Crippen LogP contribution < -0.4 is 4.74 Å². The van der Waals surface area contributed by atoms with Crippen LogP contribution in [-0.4, -0.2) is 15.8 Å². The van der Waals surface area contributed by atoms with Crippen molar-refractivity contribution in [3.63, 3.8) is 0 Å². The number of thioether (sulfide) groups is 1. The molecule has 1 aliphatic rings. The molecule has 0 spiro atoms. The lowest BCUT2D eigenvalue weighted by molar-refractivity contribution is -0.114. The van der Waals surface area contributed by atoms with Crippen molar-refractivity contribution in [2.75, 3.05) is 0 Å². The van der Waals surface area contributed by atoms with Crippen LogP contribution in [0.25, 0.3) is 16.8 Å². The van der Waals surface area contributed by atoms with E-state index in [1.165, 1.54) is 23.1 Å². The van der Waals surface area contributed by atoms with Crippen LogP contribution >= 0.6 is 39.0 Å². The SMILES string of the molecule is N=C1S/C(=C\c2c(OCc3ccc(Br)cc3)ccc3ccccc23)C(=O)[C@@H]1c1nccs1. The number of ether oxygens (including phenoxy) is 1. The molecule has 5 rings (SSSR count). The van der Waals surface area contributed by atoms with Crippen molar-refractivity contribution in [3.8, 4) is 5.75 Å². The van der Waals surface area contributed by atoms with Gasteiger partial charge in [-0.1, -0.05) is 70.2 Å². The first-order valence-corrected chi connectivity index (χ1v) is 12.4. The monoisotopic (exact) mass is 520 g/mol. The minimum absolute atomic E-state index is 0.0817. The van der Waals surface area contributed by atoms with Gasteiger partial charge >= 0.3 is 0 Å². The number of thiazole rings is 1. The molecule has 4 aromatic rings. The molecule has 1 fully saturated rings. The van der Waals surface area contributed by atoms with Crippen LogP contribution in [0.3, 0.4) is 0 Å². The van der Waals surface area contributed by atoms with E-state index in [1.54, 1.807) is 6.20 Å². The van der Waals surface area contributed by atoms with Gasteiger partial charge in [-0.15, -0.1) is 11.3 Å². The van der Waals surface area contributed by atoms with Crippen LogP contribution in [0.2, 0.25) is 0 Å². The van der Waals surface area contributed by atoms with E-state index in [9.17, 15) is 4.79 Å². The maximum absolute atomic E-state index is 13.2. The average molecular weight is 521 g/mol. The third-order valence-corrected chi connectivity index (χ3v) is 7.56. The van der Waals surface area contributed by atoms with Crippen LogP contribution in [0.4, 0.5) is 0 Å². The van der Waals surface area contributed by atoms with Crippen molar-refractivity contribution in [2.24, 2.45) is 0 Å². The molecule has 0 bridgehead atoms. The largest absolute Gasteiger partial charge is 0.488 e. The third-order valence-electron chi connectivity index (χ3n) is 5.20. The first-order chi connectivity index (χ1) is 15.6. The van der Waals surface area contributed by atoms with Crippen LogP contribution in [0, 0.1) is 5.41 Å². The summed E-state index contributed by atoms with van der Waals surface area (Å²) in [5, 5.41) is 13.3. The molecule has 1 saturated heterocycles. The molecule has 32 heavy (non-hydrogen) atoms. The Morgan fingerprint density at radius 3 is 2.69 bits per heavy atom. The average Bonchev–Trinajstić information content (AvgIpc) is 3.42. The second-order valence-corrected chi connectivity index (χ2v) is 10.2. The predicted molar refractivity (Wildman–Crippen MR) is 136 cm³/mol. The standard InChI is InChI=1S/C25H17BrN2O2S2/c26-17-8-5-15(6-9-17)14-30-20-10-7-16-3-1-2-4-18(16)19(20)13-21-23(29)22(24(27)32-21)25-28-11-12-31-25/h1-13,22,27H,14H2/b21-13-,27-24?/t22-/m0/s1. The zero-order valence-electron chi connectivity index (χ0n) is 16.7. The van der Waals surface area contributed by atoms with Gasteiger partial charge < -0.3 is 4.74 Å². The van der Waals surface area contributed by atoms with Crippen molar-refractivity contribution in [2.45, 2.75) is 12.5 Å². The molecule has 0 radical (unpaired) electrons. The number of carbonyl (C=O) groups excluding carboxylic acids is 1. The summed E-state index contributed by atoms with van der Waals surface area (Å²) < 4.78 is 7.22. The lowest BCUT2D eigenvalue weighted by Gasteiger charge is -2.13. The van der Waals surface area contributed by atoms with Crippen LogP contribution in [0.1, 0.15) is 22.1 Å². The number of ketones is 1. The van der Waals surface area contributed by atoms with Gasteiger partial charge in [0, 0.05) is 21.6 Å². The Bertz CT molecular complexity index is 1350. The Labute approximate surface area is 202 Å². The van der Waals surface area contributed by atoms with Crippen LogP contribution in [0.5, 0.6) is 5.75 Å². The predicted octanol–water partition coefficient (Wildman–Crippen LogP) is 7.06. The molecule has 7 heteroatoms. The van der Waals surface area contributed by atoms with Crippen molar-refractivity contribution in [1.82, 2.24) is 4.98 Å². The van der Waals surface area contributed by atoms with Crippen LogP contribution in [-0.2, 0) is 11.4 Å². The zero-order valence-corrected chi connectivity index (χ0v) is 20.0. The van der Waals surface area contributed by atoms with E-state index in [4.69, 9.17) is 10.1 Å². The Balaban J connectivity index is 1.53. The Morgan fingerprint density at radius 1 is 1.09 bits per heavy atom. The van der Waals surface area contributed by atoms with Gasteiger partial charge in [0.1, 0.15) is 23.3 Å². The number of allylic oxidation sites excluding steroid dienone is 1. The summed E-state index contributed by atoms with van der Waals surface area (Å²) in [5.74, 6) is 0.0202. The van der Waals surface area contributed by atoms with Crippen molar-refractivity contribution in [3.05, 3.63) is 97.8 Å². The molecular formula is C25H17BrN2O2S2. The fourth-order valence-corrected chi connectivity index (χ4v) is 5.67. The summed E-state index contributed by atoms with van der Waals surface area (Å²) in [7, 11) is 0. The highest BCUT2D eigenvalue weighted by atomic mass is 79.9. The number of benzene rings is 3. The van der Waals surface area contributed by atoms with Crippen LogP contribution in [0.15, 0.2) is 81.6 Å². The summed E-state index contributed by atoms with van der Waals surface area (Å²) in [5.41, 5.74) is 1.90. The van der Waals surface area contributed by atoms with Gasteiger partial charge in [-0.25, -0.2) is 4.98 Å². The molecular weight excluding hydrogens is 504 g/mol. The molecule has 4 nitrogen and oxygen atoms in total. The second kappa shape index (κ2) is 9.02. The molecule has 0 saturated carbocycles. The van der Waals surface area contributed by atoms with E-state index in [-0.39, 0.29) is 5.78 Å². The number of halogens is 1. The number of fused-ring (bicyclic) bond motifs is 1. The van der Waals surface area contributed by atoms with Gasteiger partial charge in [-0.05, 0) is 40.6 Å².